The van der Waals surface area contributed by atoms with E-state index in [2.05, 4.69) is 20.2 Å². The standard InChI is InChI=1S/C28H35FN4O4/c1-4-18-6-7-24(27(29)23(18)5-2)32-28-19-10-20(30-17-31-28)12-26(25(11-19)34-3)37-16-22-13-33-8-9-35-14-21(33)15-36-22/h6-7,11-12,17,21-22H,4-5,8-10,13-16H2,1-3H3,(H,30,31,32)/t21-,22+/m0/s1. The lowest BCUT2D eigenvalue weighted by Crippen LogP contribution is -2.56. The topological polar surface area (TPSA) is 76.9 Å². The van der Waals surface area contributed by atoms with Crippen LogP contribution in [-0.2, 0) is 31.8 Å². The van der Waals surface area contributed by atoms with Gasteiger partial charge in [-0.05, 0) is 36.1 Å². The van der Waals surface area contributed by atoms with Crippen LogP contribution >= 0.6 is 0 Å². The molecular formula is C28H35FN4O4. The molecule has 0 amide bonds. The smallest absolute Gasteiger partial charge is 0.163 e. The summed E-state index contributed by atoms with van der Waals surface area (Å²) in [5.74, 6) is 1.44. The summed E-state index contributed by atoms with van der Waals surface area (Å²) in [5, 5.41) is 3.20. The van der Waals surface area contributed by atoms with Gasteiger partial charge in [0.25, 0.3) is 0 Å². The average Bonchev–Trinajstić information content (AvgIpc) is 3.23. The first kappa shape index (κ1) is 25.6. The van der Waals surface area contributed by atoms with E-state index >= 15 is 4.39 Å². The zero-order chi connectivity index (χ0) is 25.8. The van der Waals surface area contributed by atoms with Crippen molar-refractivity contribution in [1.82, 2.24) is 4.90 Å². The molecule has 1 aromatic carbocycles. The summed E-state index contributed by atoms with van der Waals surface area (Å²) in [6.45, 7) is 8.24. The lowest BCUT2D eigenvalue weighted by molar-refractivity contribution is -0.128. The van der Waals surface area contributed by atoms with Crippen LogP contribution in [0.15, 0.2) is 57.1 Å². The summed E-state index contributed by atoms with van der Waals surface area (Å²) in [5.41, 5.74) is 3.76. The highest BCUT2D eigenvalue weighted by molar-refractivity contribution is 6.11. The number of nitrogens with zero attached hydrogens (tertiary/aromatic N) is 3. The third-order valence-corrected chi connectivity index (χ3v) is 7.22. The Hall–Kier alpha value is -3.01. The van der Waals surface area contributed by atoms with E-state index < -0.39 is 0 Å². The van der Waals surface area contributed by atoms with Crippen LogP contribution in [0.3, 0.4) is 0 Å². The third kappa shape index (κ3) is 5.63. The van der Waals surface area contributed by atoms with Gasteiger partial charge in [-0.1, -0.05) is 19.9 Å². The number of nitrogens with one attached hydrogen (secondary N) is 1. The second-order valence-corrected chi connectivity index (χ2v) is 9.52. The molecule has 2 fully saturated rings. The molecule has 0 unspecified atom stereocenters. The zero-order valence-electron chi connectivity index (χ0n) is 21.8. The van der Waals surface area contributed by atoms with Gasteiger partial charge >= 0.3 is 0 Å². The Morgan fingerprint density at radius 3 is 2.86 bits per heavy atom. The van der Waals surface area contributed by atoms with E-state index in [1.807, 2.05) is 32.1 Å². The number of fused-ring (bicyclic) bond motifs is 3. The van der Waals surface area contributed by atoms with Crippen LogP contribution in [-0.4, -0.2) is 75.8 Å². The van der Waals surface area contributed by atoms with Crippen molar-refractivity contribution in [3.05, 3.63) is 64.0 Å². The largest absolute Gasteiger partial charge is 0.493 e. The summed E-state index contributed by atoms with van der Waals surface area (Å²) in [6, 6.07) is 4.07. The molecule has 2 bridgehead atoms. The van der Waals surface area contributed by atoms with Gasteiger partial charge in [0.15, 0.2) is 11.5 Å². The van der Waals surface area contributed by atoms with Crippen LogP contribution in [0.4, 0.5) is 10.1 Å². The van der Waals surface area contributed by atoms with Gasteiger partial charge in [-0.3, -0.25) is 4.90 Å². The van der Waals surface area contributed by atoms with Crippen molar-refractivity contribution in [2.75, 3.05) is 51.9 Å². The third-order valence-electron chi connectivity index (χ3n) is 7.22. The first-order valence-electron chi connectivity index (χ1n) is 13.0. The first-order valence-corrected chi connectivity index (χ1v) is 13.0. The molecule has 8 nitrogen and oxygen atoms in total. The van der Waals surface area contributed by atoms with Crippen molar-refractivity contribution in [3.8, 4) is 0 Å². The Kier molecular flexibility index (Phi) is 8.02. The molecule has 37 heavy (non-hydrogen) atoms. The Labute approximate surface area is 217 Å². The molecule has 0 radical (unpaired) electrons. The number of aliphatic imine (C=N–C) groups is 2. The van der Waals surface area contributed by atoms with Gasteiger partial charge in [-0.25, -0.2) is 14.4 Å². The molecule has 2 atom stereocenters. The summed E-state index contributed by atoms with van der Waals surface area (Å²) in [6.07, 6.45) is 7.14. The molecule has 3 aliphatic heterocycles. The van der Waals surface area contributed by atoms with Crippen molar-refractivity contribution < 1.29 is 23.3 Å². The number of benzene rings is 1. The van der Waals surface area contributed by atoms with E-state index in [0.717, 1.165) is 48.5 Å². The molecule has 0 saturated carbocycles. The maximum atomic E-state index is 15.3. The van der Waals surface area contributed by atoms with Gasteiger partial charge in [0.1, 0.15) is 30.7 Å². The van der Waals surface area contributed by atoms with Gasteiger partial charge in [0, 0.05) is 31.2 Å². The fourth-order valence-corrected chi connectivity index (χ4v) is 5.14. The van der Waals surface area contributed by atoms with Crippen LogP contribution in [0.25, 0.3) is 0 Å². The van der Waals surface area contributed by atoms with Crippen LogP contribution in [0.2, 0.25) is 0 Å². The summed E-state index contributed by atoms with van der Waals surface area (Å²) in [4.78, 5) is 11.4. The number of hydrogen-bond donors (Lipinski definition) is 1. The molecule has 9 heteroatoms. The SMILES string of the molecule is CCc1ccc(NC2=NC=NC3=CC(OC[C@H]4CN5CCOC[C@H]5CO4)=C(OC)C=C2C3)c(F)c1CC. The molecule has 0 aromatic heterocycles. The quantitative estimate of drug-likeness (QED) is 0.598. The first-order chi connectivity index (χ1) is 18.1. The molecular weight excluding hydrogens is 475 g/mol. The Morgan fingerprint density at radius 1 is 1.16 bits per heavy atom. The molecule has 3 heterocycles. The van der Waals surface area contributed by atoms with Crippen molar-refractivity contribution in [2.45, 2.75) is 45.3 Å². The normalized spacial score (nSPS) is 23.8. The summed E-state index contributed by atoms with van der Waals surface area (Å²) < 4.78 is 38.8. The second-order valence-electron chi connectivity index (χ2n) is 9.52. The van der Waals surface area contributed by atoms with E-state index in [1.54, 1.807) is 13.2 Å². The molecule has 4 aliphatic rings. The van der Waals surface area contributed by atoms with Gasteiger partial charge in [-0.2, -0.15) is 0 Å². The maximum absolute atomic E-state index is 15.3. The van der Waals surface area contributed by atoms with Gasteiger partial charge in [-0.15, -0.1) is 0 Å². The van der Waals surface area contributed by atoms with Crippen molar-refractivity contribution in [1.29, 1.82) is 0 Å². The second kappa shape index (κ2) is 11.6. The molecule has 0 spiro atoms. The predicted octanol–water partition coefficient (Wildman–Crippen LogP) is 3.99. The summed E-state index contributed by atoms with van der Waals surface area (Å²) >= 11 is 0. The van der Waals surface area contributed by atoms with Crippen molar-refractivity contribution in [2.24, 2.45) is 9.98 Å². The maximum Gasteiger partial charge on any atom is 0.163 e. The number of hydrogen-bond acceptors (Lipinski definition) is 8. The molecule has 5 rings (SSSR count). The number of rotatable bonds is 7. The van der Waals surface area contributed by atoms with Crippen molar-refractivity contribution in [3.63, 3.8) is 0 Å². The Balaban J connectivity index is 1.34. The number of aryl methyl sites for hydroxylation is 1. The fraction of sp³-hybridized carbons (Fsp3) is 0.500. The molecule has 2 saturated heterocycles. The number of allylic oxidation sites excluding steroid dienone is 3. The number of methoxy groups -OCH3 is 1. The predicted molar refractivity (Wildman–Crippen MR) is 141 cm³/mol. The van der Waals surface area contributed by atoms with E-state index in [1.165, 1.54) is 6.34 Å². The van der Waals surface area contributed by atoms with Gasteiger partial charge in [0.05, 0.1) is 44.4 Å². The van der Waals surface area contributed by atoms with E-state index in [9.17, 15) is 0 Å². The van der Waals surface area contributed by atoms with E-state index in [-0.39, 0.29) is 11.9 Å². The monoisotopic (exact) mass is 510 g/mol. The van der Waals surface area contributed by atoms with Crippen LogP contribution in [0.5, 0.6) is 0 Å². The average molecular weight is 511 g/mol. The minimum atomic E-state index is -0.239. The Bertz CT molecular complexity index is 1170. The molecule has 1 aromatic rings. The van der Waals surface area contributed by atoms with Gasteiger partial charge < -0.3 is 24.3 Å². The molecule has 198 valence electrons. The van der Waals surface area contributed by atoms with Crippen LogP contribution in [0, 0.1) is 5.82 Å². The van der Waals surface area contributed by atoms with Crippen LogP contribution in [0.1, 0.15) is 31.4 Å². The van der Waals surface area contributed by atoms with Gasteiger partial charge in [0.2, 0.25) is 0 Å². The van der Waals surface area contributed by atoms with E-state index in [4.69, 9.17) is 18.9 Å². The highest BCUT2D eigenvalue weighted by atomic mass is 19.1. The van der Waals surface area contributed by atoms with Crippen LogP contribution < -0.4 is 5.32 Å². The number of anilines is 1. The minimum absolute atomic E-state index is 0.0412. The fourth-order valence-electron chi connectivity index (χ4n) is 5.14. The van der Waals surface area contributed by atoms with Crippen molar-refractivity contribution >= 4 is 17.9 Å². The lowest BCUT2D eigenvalue weighted by Gasteiger charge is -2.41. The summed E-state index contributed by atoms with van der Waals surface area (Å²) in [7, 11) is 1.61. The molecule has 1 N–H and O–H groups in total. The Morgan fingerprint density at radius 2 is 2.05 bits per heavy atom. The number of morpholine rings is 2. The number of halogens is 1. The lowest BCUT2D eigenvalue weighted by atomic mass is 10.0. The zero-order valence-corrected chi connectivity index (χ0v) is 21.8. The minimum Gasteiger partial charge on any atom is -0.493 e. The highest BCUT2D eigenvalue weighted by Crippen LogP contribution is 2.29. The molecule has 1 aliphatic carbocycles. The highest BCUT2D eigenvalue weighted by Gasteiger charge is 2.32. The van der Waals surface area contributed by atoms with E-state index in [0.29, 0.717) is 61.7 Å². The number of amidine groups is 1. The number of ether oxygens (including phenoxy) is 4.